The van der Waals surface area contributed by atoms with E-state index in [0.29, 0.717) is 11.4 Å². The molecule has 1 atom stereocenters. The number of carbonyl (C=O) groups excluding carboxylic acids is 1. The molecule has 3 N–H and O–H groups in total. The van der Waals surface area contributed by atoms with Crippen LogP contribution in [0.25, 0.3) is 0 Å². The number of hydrogen-bond donors (Lipinski definition) is 2. The number of nitrogens with two attached hydrogens (primary N) is 1. The van der Waals surface area contributed by atoms with Crippen molar-refractivity contribution in [2.24, 2.45) is 5.73 Å². The highest BCUT2D eigenvalue weighted by Gasteiger charge is 2.13. The normalized spacial score (nSPS) is 12.0. The Balaban J connectivity index is 1.89. The molecule has 0 saturated carbocycles. The van der Waals surface area contributed by atoms with E-state index in [4.69, 9.17) is 17.3 Å². The van der Waals surface area contributed by atoms with Crippen LogP contribution in [0.2, 0.25) is 5.02 Å². The number of rotatable bonds is 5. The third-order valence-electron chi connectivity index (χ3n) is 3.35. The lowest BCUT2D eigenvalue weighted by Gasteiger charge is -2.13. The predicted molar refractivity (Wildman–Crippen MR) is 87.6 cm³/mol. The quantitative estimate of drug-likeness (QED) is 0.887. The summed E-state index contributed by atoms with van der Waals surface area (Å²) in [5.74, 6) is -0.173. The highest BCUT2D eigenvalue weighted by molar-refractivity contribution is 6.31. The SMILES string of the molecule is Cc1cc(NC(=O)C(N)CCc2ccccc2)ccc1Cl. The lowest BCUT2D eigenvalue weighted by Crippen LogP contribution is -2.36. The molecule has 0 spiro atoms. The topological polar surface area (TPSA) is 55.1 Å². The van der Waals surface area contributed by atoms with Crippen molar-refractivity contribution in [3.8, 4) is 0 Å². The summed E-state index contributed by atoms with van der Waals surface area (Å²) in [5.41, 5.74) is 8.77. The second-order valence-corrected chi connectivity index (χ2v) is 5.49. The van der Waals surface area contributed by atoms with E-state index in [1.807, 2.05) is 43.3 Å². The Morgan fingerprint density at radius 1 is 1.24 bits per heavy atom. The minimum Gasteiger partial charge on any atom is -0.325 e. The fourth-order valence-corrected chi connectivity index (χ4v) is 2.17. The van der Waals surface area contributed by atoms with Crippen molar-refractivity contribution in [3.63, 3.8) is 0 Å². The lowest BCUT2D eigenvalue weighted by molar-refractivity contribution is -0.117. The monoisotopic (exact) mass is 302 g/mol. The zero-order valence-corrected chi connectivity index (χ0v) is 12.7. The van der Waals surface area contributed by atoms with Gasteiger partial charge in [0.15, 0.2) is 0 Å². The van der Waals surface area contributed by atoms with Crippen LogP contribution in [0.1, 0.15) is 17.5 Å². The van der Waals surface area contributed by atoms with Crippen molar-refractivity contribution < 1.29 is 4.79 Å². The summed E-state index contributed by atoms with van der Waals surface area (Å²) in [7, 11) is 0. The molecule has 0 aromatic heterocycles. The number of amides is 1. The fourth-order valence-electron chi connectivity index (χ4n) is 2.06. The molecular weight excluding hydrogens is 284 g/mol. The van der Waals surface area contributed by atoms with Gasteiger partial charge < -0.3 is 11.1 Å². The molecule has 4 heteroatoms. The molecule has 110 valence electrons. The van der Waals surface area contributed by atoms with E-state index >= 15 is 0 Å². The second-order valence-electron chi connectivity index (χ2n) is 5.08. The third-order valence-corrected chi connectivity index (χ3v) is 3.77. The van der Waals surface area contributed by atoms with E-state index in [1.54, 1.807) is 12.1 Å². The van der Waals surface area contributed by atoms with Crippen molar-refractivity contribution >= 4 is 23.2 Å². The Hall–Kier alpha value is -1.84. The molecule has 0 bridgehead atoms. The molecule has 0 aliphatic carbocycles. The van der Waals surface area contributed by atoms with Crippen molar-refractivity contribution in [3.05, 3.63) is 64.7 Å². The van der Waals surface area contributed by atoms with E-state index in [0.717, 1.165) is 17.7 Å². The number of hydrogen-bond acceptors (Lipinski definition) is 2. The van der Waals surface area contributed by atoms with Crippen LogP contribution in [0.5, 0.6) is 0 Å². The molecule has 2 aromatic carbocycles. The smallest absolute Gasteiger partial charge is 0.241 e. The first-order valence-corrected chi connectivity index (χ1v) is 7.30. The Morgan fingerprint density at radius 2 is 1.95 bits per heavy atom. The first-order chi connectivity index (χ1) is 10.1. The zero-order valence-electron chi connectivity index (χ0n) is 12.0. The molecule has 2 rings (SSSR count). The van der Waals surface area contributed by atoms with Gasteiger partial charge in [-0.05, 0) is 49.1 Å². The summed E-state index contributed by atoms with van der Waals surface area (Å²) in [5, 5.41) is 3.51. The fraction of sp³-hybridized carbons (Fsp3) is 0.235. The van der Waals surface area contributed by atoms with E-state index in [-0.39, 0.29) is 5.91 Å². The average molecular weight is 303 g/mol. The van der Waals surface area contributed by atoms with Gasteiger partial charge in [-0.25, -0.2) is 0 Å². The van der Waals surface area contributed by atoms with Gasteiger partial charge in [-0.2, -0.15) is 0 Å². The number of halogens is 1. The number of nitrogens with one attached hydrogen (secondary N) is 1. The molecule has 1 unspecified atom stereocenters. The Labute approximate surface area is 130 Å². The van der Waals surface area contributed by atoms with Gasteiger partial charge in [-0.15, -0.1) is 0 Å². The van der Waals surface area contributed by atoms with Crippen LogP contribution in [0, 0.1) is 6.92 Å². The maximum atomic E-state index is 12.1. The van der Waals surface area contributed by atoms with E-state index in [9.17, 15) is 4.79 Å². The summed E-state index contributed by atoms with van der Waals surface area (Å²) in [6.07, 6.45) is 1.40. The predicted octanol–water partition coefficient (Wildman–Crippen LogP) is 3.55. The van der Waals surface area contributed by atoms with Crippen LogP contribution in [-0.2, 0) is 11.2 Å². The molecular formula is C17H19ClN2O. The Kier molecular flexibility index (Phi) is 5.37. The largest absolute Gasteiger partial charge is 0.325 e. The van der Waals surface area contributed by atoms with Crippen LogP contribution >= 0.6 is 11.6 Å². The van der Waals surface area contributed by atoms with Crippen molar-refractivity contribution in [1.82, 2.24) is 0 Å². The number of anilines is 1. The molecule has 1 amide bonds. The van der Waals surface area contributed by atoms with Crippen molar-refractivity contribution in [2.45, 2.75) is 25.8 Å². The summed E-state index contributed by atoms with van der Waals surface area (Å²) in [6, 6.07) is 14.9. The molecule has 0 aliphatic rings. The highest BCUT2D eigenvalue weighted by Crippen LogP contribution is 2.19. The zero-order chi connectivity index (χ0) is 15.2. The first kappa shape index (κ1) is 15.5. The number of aryl methyl sites for hydroxylation is 2. The summed E-state index contributed by atoms with van der Waals surface area (Å²) in [4.78, 5) is 12.1. The van der Waals surface area contributed by atoms with Crippen LogP contribution in [0.3, 0.4) is 0 Å². The molecule has 21 heavy (non-hydrogen) atoms. The van der Waals surface area contributed by atoms with Crippen molar-refractivity contribution in [1.29, 1.82) is 0 Å². The van der Waals surface area contributed by atoms with Gasteiger partial charge in [0, 0.05) is 10.7 Å². The molecule has 0 saturated heterocycles. The van der Waals surface area contributed by atoms with Crippen molar-refractivity contribution in [2.75, 3.05) is 5.32 Å². The Bertz CT molecular complexity index is 613. The third kappa shape index (κ3) is 4.59. The van der Waals surface area contributed by atoms with E-state index < -0.39 is 6.04 Å². The molecule has 0 aliphatic heterocycles. The van der Waals surface area contributed by atoms with E-state index in [1.165, 1.54) is 5.56 Å². The molecule has 0 radical (unpaired) electrons. The van der Waals surface area contributed by atoms with Gasteiger partial charge in [0.25, 0.3) is 0 Å². The van der Waals surface area contributed by atoms with Crippen LogP contribution in [0.4, 0.5) is 5.69 Å². The summed E-state index contributed by atoms with van der Waals surface area (Å²) >= 11 is 5.96. The summed E-state index contributed by atoms with van der Waals surface area (Å²) < 4.78 is 0. The number of benzene rings is 2. The minimum atomic E-state index is -0.527. The van der Waals surface area contributed by atoms with Gasteiger partial charge in [0.05, 0.1) is 6.04 Å². The molecule has 3 nitrogen and oxygen atoms in total. The van der Waals surface area contributed by atoms with Crippen LogP contribution < -0.4 is 11.1 Å². The Morgan fingerprint density at radius 3 is 2.62 bits per heavy atom. The van der Waals surface area contributed by atoms with Crippen LogP contribution in [-0.4, -0.2) is 11.9 Å². The minimum absolute atomic E-state index is 0.173. The molecule has 0 fully saturated rings. The lowest BCUT2D eigenvalue weighted by atomic mass is 10.1. The van der Waals surface area contributed by atoms with Gasteiger partial charge in [0.1, 0.15) is 0 Å². The first-order valence-electron chi connectivity index (χ1n) is 6.93. The molecule has 2 aromatic rings. The highest BCUT2D eigenvalue weighted by atomic mass is 35.5. The van der Waals surface area contributed by atoms with E-state index in [2.05, 4.69) is 5.32 Å². The van der Waals surface area contributed by atoms with Gasteiger partial charge in [0.2, 0.25) is 5.91 Å². The maximum Gasteiger partial charge on any atom is 0.241 e. The van der Waals surface area contributed by atoms with Gasteiger partial charge >= 0.3 is 0 Å². The maximum absolute atomic E-state index is 12.1. The molecule has 0 heterocycles. The second kappa shape index (κ2) is 7.25. The van der Waals surface area contributed by atoms with Gasteiger partial charge in [-0.1, -0.05) is 41.9 Å². The summed E-state index contributed by atoms with van der Waals surface area (Å²) in [6.45, 7) is 1.90. The van der Waals surface area contributed by atoms with Crippen LogP contribution in [0.15, 0.2) is 48.5 Å². The standard InChI is InChI=1S/C17H19ClN2O/c1-12-11-14(8-9-15(12)18)20-17(21)16(19)10-7-13-5-3-2-4-6-13/h2-6,8-9,11,16H,7,10,19H2,1H3,(H,20,21). The van der Waals surface area contributed by atoms with Gasteiger partial charge in [-0.3, -0.25) is 4.79 Å². The number of carbonyl (C=O) groups is 1. The average Bonchev–Trinajstić information content (AvgIpc) is 2.49.